The van der Waals surface area contributed by atoms with E-state index in [0.717, 1.165) is 17.0 Å². The van der Waals surface area contributed by atoms with Gasteiger partial charge in [0.15, 0.2) is 0 Å². The fourth-order valence-corrected chi connectivity index (χ4v) is 3.62. The van der Waals surface area contributed by atoms with Gasteiger partial charge < -0.3 is 20.3 Å². The van der Waals surface area contributed by atoms with Gasteiger partial charge in [-0.15, -0.1) is 11.3 Å². The van der Waals surface area contributed by atoms with Gasteiger partial charge in [0.05, 0.1) is 17.0 Å². The van der Waals surface area contributed by atoms with E-state index in [4.69, 9.17) is 4.74 Å². The smallest absolute Gasteiger partial charge is 0.341 e. The third-order valence-electron chi connectivity index (χ3n) is 3.91. The quantitative estimate of drug-likeness (QED) is 0.742. The van der Waals surface area contributed by atoms with Gasteiger partial charge in [0.1, 0.15) is 5.00 Å². The molecule has 0 spiro atoms. The van der Waals surface area contributed by atoms with Crippen molar-refractivity contribution in [2.45, 2.75) is 13.8 Å². The number of hydrogen-bond donors (Lipinski definition) is 2. The number of nitrogens with one attached hydrogen (secondary N) is 2. The first-order chi connectivity index (χ1) is 12.8. The largest absolute Gasteiger partial charge is 0.462 e. The second-order valence-electron chi connectivity index (χ2n) is 5.96. The Balaban J connectivity index is 2.42. The minimum absolute atomic E-state index is 0.196. The van der Waals surface area contributed by atoms with Crippen LogP contribution in [0.4, 0.5) is 10.7 Å². The third kappa shape index (κ3) is 4.46. The van der Waals surface area contributed by atoms with Gasteiger partial charge in [-0.1, -0.05) is 6.07 Å². The molecule has 0 atom stereocenters. The highest BCUT2D eigenvalue weighted by molar-refractivity contribution is 7.18. The number of ether oxygens (including phenoxy) is 1. The van der Waals surface area contributed by atoms with Crippen LogP contribution in [0.5, 0.6) is 0 Å². The number of benzene rings is 1. The molecule has 1 aromatic carbocycles. The van der Waals surface area contributed by atoms with Crippen LogP contribution in [0.1, 0.15) is 42.9 Å². The highest BCUT2D eigenvalue weighted by Gasteiger charge is 2.26. The predicted molar refractivity (Wildman–Crippen MR) is 107 cm³/mol. The van der Waals surface area contributed by atoms with Gasteiger partial charge in [-0.25, -0.2) is 4.79 Å². The molecule has 0 aliphatic heterocycles. The molecule has 0 saturated heterocycles. The van der Waals surface area contributed by atoms with Crippen LogP contribution in [0.2, 0.25) is 0 Å². The molecular formula is C19H23N3O4S. The van der Waals surface area contributed by atoms with Crippen molar-refractivity contribution in [3.05, 3.63) is 45.8 Å². The summed E-state index contributed by atoms with van der Waals surface area (Å²) in [6, 6.07) is 7.11. The molecular weight excluding hydrogens is 366 g/mol. The number of carbonyl (C=O) groups excluding carboxylic acids is 3. The van der Waals surface area contributed by atoms with E-state index in [1.165, 1.54) is 7.05 Å². The number of thiophene rings is 1. The van der Waals surface area contributed by atoms with Crippen LogP contribution < -0.4 is 15.5 Å². The number of hydrogen-bond acceptors (Lipinski definition) is 6. The normalized spacial score (nSPS) is 10.3. The topological polar surface area (TPSA) is 87.7 Å². The Morgan fingerprint density at radius 1 is 1.19 bits per heavy atom. The molecule has 2 N–H and O–H groups in total. The van der Waals surface area contributed by atoms with E-state index in [1.807, 2.05) is 25.1 Å². The van der Waals surface area contributed by atoms with Crippen LogP contribution >= 0.6 is 11.3 Å². The minimum atomic E-state index is -0.571. The van der Waals surface area contributed by atoms with Crippen molar-refractivity contribution in [2.24, 2.45) is 0 Å². The molecule has 0 radical (unpaired) electrons. The van der Waals surface area contributed by atoms with E-state index in [-0.39, 0.29) is 24.0 Å². The van der Waals surface area contributed by atoms with Crippen LogP contribution in [0, 0.1) is 6.92 Å². The highest BCUT2D eigenvalue weighted by Crippen LogP contribution is 2.34. The van der Waals surface area contributed by atoms with E-state index < -0.39 is 5.97 Å². The zero-order valence-electron chi connectivity index (χ0n) is 16.0. The summed E-state index contributed by atoms with van der Waals surface area (Å²) in [6.07, 6.45) is 0. The molecule has 0 unspecified atom stereocenters. The second-order valence-corrected chi connectivity index (χ2v) is 6.98. The fourth-order valence-electron chi connectivity index (χ4n) is 2.48. The van der Waals surface area contributed by atoms with E-state index in [0.29, 0.717) is 21.0 Å². The molecule has 0 aliphatic carbocycles. The van der Waals surface area contributed by atoms with Crippen LogP contribution in [0.25, 0.3) is 0 Å². The molecule has 2 aromatic rings. The fraction of sp³-hybridized carbons (Fsp3) is 0.316. The Bertz CT molecular complexity index is 874. The van der Waals surface area contributed by atoms with E-state index in [9.17, 15) is 14.4 Å². The van der Waals surface area contributed by atoms with Gasteiger partial charge in [0.25, 0.3) is 11.8 Å². The molecule has 2 rings (SSSR count). The van der Waals surface area contributed by atoms with Crippen molar-refractivity contribution in [1.82, 2.24) is 5.32 Å². The molecule has 0 bridgehead atoms. The number of carbonyl (C=O) groups is 3. The molecule has 1 heterocycles. The molecule has 27 heavy (non-hydrogen) atoms. The van der Waals surface area contributed by atoms with Crippen LogP contribution in [0.15, 0.2) is 24.3 Å². The number of nitrogens with zero attached hydrogens (tertiary/aromatic N) is 1. The minimum Gasteiger partial charge on any atom is -0.462 e. The van der Waals surface area contributed by atoms with Gasteiger partial charge in [-0.05, 0) is 37.6 Å². The van der Waals surface area contributed by atoms with Gasteiger partial charge >= 0.3 is 5.97 Å². The Hall–Kier alpha value is -2.87. The van der Waals surface area contributed by atoms with Crippen molar-refractivity contribution in [3.8, 4) is 0 Å². The average molecular weight is 389 g/mol. The summed E-state index contributed by atoms with van der Waals surface area (Å²) in [6.45, 7) is 3.56. The Morgan fingerprint density at radius 2 is 1.89 bits per heavy atom. The summed E-state index contributed by atoms with van der Waals surface area (Å²) in [4.78, 5) is 39.4. The van der Waals surface area contributed by atoms with Crippen molar-refractivity contribution in [2.75, 3.05) is 38.0 Å². The number of esters is 1. The van der Waals surface area contributed by atoms with Crippen LogP contribution in [-0.4, -0.2) is 45.5 Å². The first-order valence-corrected chi connectivity index (χ1v) is 9.23. The summed E-state index contributed by atoms with van der Waals surface area (Å²) in [5.41, 5.74) is 2.01. The lowest BCUT2D eigenvalue weighted by Gasteiger charge is -2.13. The maximum atomic E-state index is 12.7. The number of rotatable bonds is 6. The monoisotopic (exact) mass is 389 g/mol. The Labute approximate surface area is 162 Å². The molecule has 0 saturated carbocycles. The van der Waals surface area contributed by atoms with E-state index >= 15 is 0 Å². The zero-order chi connectivity index (χ0) is 20.1. The van der Waals surface area contributed by atoms with E-state index in [2.05, 4.69) is 10.6 Å². The predicted octanol–water partition coefficient (Wildman–Crippen LogP) is 2.91. The SMILES string of the molecule is CCOC(=O)c1c(NC(=O)c2cccc(N(C)C)c2)sc(C(=O)NC)c1C. The van der Waals surface area contributed by atoms with E-state index in [1.54, 1.807) is 32.0 Å². The third-order valence-corrected chi connectivity index (χ3v) is 5.12. The Morgan fingerprint density at radius 3 is 2.48 bits per heavy atom. The standard InChI is InChI=1S/C19H23N3O4S/c1-6-26-19(25)14-11(2)15(17(24)20-3)27-18(14)21-16(23)12-8-7-9-13(10-12)22(4)5/h7-10H,6H2,1-5H3,(H,20,24)(H,21,23). The summed E-state index contributed by atoms with van der Waals surface area (Å²) < 4.78 is 5.09. The van der Waals surface area contributed by atoms with Crippen LogP contribution in [0.3, 0.4) is 0 Å². The van der Waals surface area contributed by atoms with Gasteiger partial charge in [-0.3, -0.25) is 9.59 Å². The lowest BCUT2D eigenvalue weighted by Crippen LogP contribution is -2.18. The van der Waals surface area contributed by atoms with Crippen molar-refractivity contribution in [1.29, 1.82) is 0 Å². The van der Waals surface area contributed by atoms with Gasteiger partial charge in [-0.2, -0.15) is 0 Å². The summed E-state index contributed by atoms with van der Waals surface area (Å²) >= 11 is 1.05. The lowest BCUT2D eigenvalue weighted by molar-refractivity contribution is 0.0527. The van der Waals surface area contributed by atoms with Crippen LogP contribution in [-0.2, 0) is 4.74 Å². The first-order valence-electron chi connectivity index (χ1n) is 8.41. The van der Waals surface area contributed by atoms with Gasteiger partial charge in [0, 0.05) is 32.4 Å². The van der Waals surface area contributed by atoms with Crippen molar-refractivity contribution < 1.29 is 19.1 Å². The van der Waals surface area contributed by atoms with Crippen molar-refractivity contribution >= 4 is 39.8 Å². The maximum Gasteiger partial charge on any atom is 0.341 e. The Kier molecular flexibility index (Phi) is 6.57. The summed E-state index contributed by atoms with van der Waals surface area (Å²) in [7, 11) is 5.28. The molecule has 144 valence electrons. The number of anilines is 2. The highest BCUT2D eigenvalue weighted by atomic mass is 32.1. The zero-order valence-corrected chi connectivity index (χ0v) is 16.8. The van der Waals surface area contributed by atoms with Gasteiger partial charge in [0.2, 0.25) is 0 Å². The molecule has 8 heteroatoms. The molecule has 7 nitrogen and oxygen atoms in total. The maximum absolute atomic E-state index is 12.7. The summed E-state index contributed by atoms with van der Waals surface area (Å²) in [5, 5.41) is 5.59. The molecule has 0 aliphatic rings. The average Bonchev–Trinajstić information content (AvgIpc) is 2.97. The molecule has 2 amide bonds. The molecule has 1 aromatic heterocycles. The molecule has 0 fully saturated rings. The number of amides is 2. The first kappa shape index (κ1) is 20.4. The summed E-state index contributed by atoms with van der Waals surface area (Å²) in [5.74, 6) is -1.26. The van der Waals surface area contributed by atoms with Crippen molar-refractivity contribution in [3.63, 3.8) is 0 Å². The lowest BCUT2D eigenvalue weighted by atomic mass is 10.1. The second kappa shape index (κ2) is 8.68.